The van der Waals surface area contributed by atoms with Crippen LogP contribution in [0.1, 0.15) is 123 Å². The van der Waals surface area contributed by atoms with Gasteiger partial charge >= 0.3 is 5.97 Å². The van der Waals surface area contributed by atoms with E-state index in [1.54, 1.807) is 0 Å². The van der Waals surface area contributed by atoms with Crippen LogP contribution in [0.15, 0.2) is 41.5 Å². The maximum absolute atomic E-state index is 12.7. The average Bonchev–Trinajstić information content (AvgIpc) is 3.25. The Morgan fingerprint density at radius 2 is 1.70 bits per heavy atom. The third kappa shape index (κ3) is 4.96. The van der Waals surface area contributed by atoms with Crippen molar-refractivity contribution in [3.05, 3.63) is 47.0 Å². The van der Waals surface area contributed by atoms with E-state index in [2.05, 4.69) is 41.5 Å². The lowest BCUT2D eigenvalue weighted by atomic mass is 9.48. The summed E-state index contributed by atoms with van der Waals surface area (Å²) in [5, 5.41) is 0. The minimum absolute atomic E-state index is 0.0822. The smallest absolute Gasteiger partial charge is 0.338 e. The van der Waals surface area contributed by atoms with Crippen molar-refractivity contribution in [3.63, 3.8) is 0 Å². The van der Waals surface area contributed by atoms with Gasteiger partial charge < -0.3 is 4.74 Å². The number of esters is 1. The molecule has 0 aromatic heterocycles. The van der Waals surface area contributed by atoms with Crippen LogP contribution in [0.4, 0.5) is 0 Å². The number of hydrogen-bond donors (Lipinski definition) is 0. The van der Waals surface area contributed by atoms with E-state index in [0.717, 1.165) is 42.4 Å². The summed E-state index contributed by atoms with van der Waals surface area (Å²) in [6.07, 6.45) is 14.3. The minimum atomic E-state index is -0.143. The van der Waals surface area contributed by atoms with Crippen LogP contribution in [0, 0.1) is 46.3 Å². The van der Waals surface area contributed by atoms with Crippen LogP contribution in [-0.2, 0) is 4.74 Å². The Labute approximate surface area is 227 Å². The molecule has 8 unspecified atom stereocenters. The lowest BCUT2D eigenvalue weighted by Crippen LogP contribution is -2.48. The highest BCUT2D eigenvalue weighted by Crippen LogP contribution is 2.66. The summed E-state index contributed by atoms with van der Waals surface area (Å²) in [5.74, 6) is 4.64. The Morgan fingerprint density at radius 3 is 2.43 bits per heavy atom. The number of fused-ring (bicyclic) bond motifs is 4. The molecule has 1 aromatic rings. The van der Waals surface area contributed by atoms with E-state index >= 15 is 0 Å². The number of ether oxygens (including phenoxy) is 1. The summed E-state index contributed by atoms with van der Waals surface area (Å²) >= 11 is 0. The molecule has 0 bridgehead atoms. The molecule has 2 heteroatoms. The molecule has 8 atom stereocenters. The fourth-order valence-corrected chi connectivity index (χ4v) is 9.36. The molecular formula is C35H52O2. The molecule has 2 nitrogen and oxygen atoms in total. The van der Waals surface area contributed by atoms with Gasteiger partial charge in [-0.15, -0.1) is 0 Å². The molecule has 4 aliphatic rings. The molecule has 0 radical (unpaired) electrons. The molecule has 5 rings (SSSR count). The van der Waals surface area contributed by atoms with Gasteiger partial charge in [-0.1, -0.05) is 83.7 Å². The van der Waals surface area contributed by atoms with Crippen LogP contribution in [-0.4, -0.2) is 12.1 Å². The van der Waals surface area contributed by atoms with Gasteiger partial charge in [0.2, 0.25) is 0 Å². The van der Waals surface area contributed by atoms with Gasteiger partial charge in [0.25, 0.3) is 0 Å². The third-order valence-electron chi connectivity index (χ3n) is 12.2. The zero-order valence-corrected chi connectivity index (χ0v) is 24.5. The van der Waals surface area contributed by atoms with Crippen molar-refractivity contribution in [2.45, 2.75) is 118 Å². The molecule has 0 aliphatic heterocycles. The zero-order chi connectivity index (χ0) is 26.4. The lowest BCUT2D eigenvalue weighted by Gasteiger charge is -2.57. The van der Waals surface area contributed by atoms with Gasteiger partial charge in [-0.3, -0.25) is 0 Å². The molecule has 0 saturated heterocycles. The van der Waals surface area contributed by atoms with Gasteiger partial charge in [0.15, 0.2) is 0 Å². The summed E-state index contributed by atoms with van der Waals surface area (Å²) in [6.45, 7) is 15.0. The highest BCUT2D eigenvalue weighted by molar-refractivity contribution is 5.89. The van der Waals surface area contributed by atoms with E-state index in [4.69, 9.17) is 4.74 Å². The van der Waals surface area contributed by atoms with Crippen molar-refractivity contribution in [2.24, 2.45) is 46.3 Å². The fraction of sp³-hybridized carbons (Fsp3) is 0.743. The van der Waals surface area contributed by atoms with E-state index in [-0.39, 0.29) is 12.1 Å². The van der Waals surface area contributed by atoms with Crippen LogP contribution in [0.3, 0.4) is 0 Å². The van der Waals surface area contributed by atoms with Crippen molar-refractivity contribution < 1.29 is 9.53 Å². The van der Waals surface area contributed by atoms with Gasteiger partial charge in [0.05, 0.1) is 5.56 Å². The quantitative estimate of drug-likeness (QED) is 0.273. The molecule has 3 saturated carbocycles. The molecule has 4 aliphatic carbocycles. The highest BCUT2D eigenvalue weighted by atomic mass is 16.5. The van der Waals surface area contributed by atoms with Gasteiger partial charge in [-0.2, -0.15) is 0 Å². The van der Waals surface area contributed by atoms with Crippen LogP contribution in [0.5, 0.6) is 0 Å². The summed E-state index contributed by atoms with van der Waals surface area (Å²) in [5.41, 5.74) is 5.29. The molecule has 204 valence electrons. The number of allylic oxidation sites excluding steroid dienone is 2. The van der Waals surface area contributed by atoms with Crippen LogP contribution < -0.4 is 0 Å². The van der Waals surface area contributed by atoms with Gasteiger partial charge in [-0.05, 0) is 116 Å². The summed E-state index contributed by atoms with van der Waals surface area (Å²) in [6, 6.07) is 9.53. The van der Waals surface area contributed by atoms with E-state index in [9.17, 15) is 4.79 Å². The van der Waals surface area contributed by atoms with Crippen LogP contribution in [0.25, 0.3) is 0 Å². The normalized spacial score (nSPS) is 36.9. The Morgan fingerprint density at radius 1 is 0.946 bits per heavy atom. The summed E-state index contributed by atoms with van der Waals surface area (Å²) in [7, 11) is 0. The Kier molecular flexibility index (Phi) is 7.69. The van der Waals surface area contributed by atoms with Gasteiger partial charge in [-0.25, -0.2) is 4.79 Å². The molecule has 1 aromatic carbocycles. The fourth-order valence-electron chi connectivity index (χ4n) is 9.36. The molecule has 0 amide bonds. The zero-order valence-electron chi connectivity index (χ0n) is 24.5. The van der Waals surface area contributed by atoms with Crippen LogP contribution >= 0.6 is 0 Å². The predicted octanol–water partition coefficient (Wildman–Crippen LogP) is 9.64. The van der Waals surface area contributed by atoms with Crippen LogP contribution in [0.2, 0.25) is 0 Å². The predicted molar refractivity (Wildman–Crippen MR) is 153 cm³/mol. The largest absolute Gasteiger partial charge is 0.459 e. The van der Waals surface area contributed by atoms with Crippen molar-refractivity contribution in [1.82, 2.24) is 0 Å². The first-order valence-corrected chi connectivity index (χ1v) is 15.6. The third-order valence-corrected chi connectivity index (χ3v) is 12.2. The van der Waals surface area contributed by atoms with Gasteiger partial charge in [0.1, 0.15) is 6.10 Å². The van der Waals surface area contributed by atoms with E-state index in [1.807, 2.05) is 41.5 Å². The minimum Gasteiger partial charge on any atom is -0.459 e. The van der Waals surface area contributed by atoms with Crippen molar-refractivity contribution in [3.8, 4) is 0 Å². The molecule has 0 spiro atoms. The second-order valence-corrected chi connectivity index (χ2v) is 14.3. The second-order valence-electron chi connectivity index (χ2n) is 14.3. The molecule has 0 heterocycles. The Balaban J connectivity index is 1.27. The van der Waals surface area contributed by atoms with Gasteiger partial charge in [0, 0.05) is 0 Å². The standard InChI is InChI=1S/C35H52O2/c1-23(2)24(3)12-13-25(4)30-16-17-31-29-15-14-27-22-28(37-33(36)26-10-8-7-9-11-26)18-20-34(27,5)32(29)19-21-35(30,31)6/h7-11,23-25,27-28,30,32H,12-22H2,1-6H3. The Hall–Kier alpha value is -1.57. The average molecular weight is 505 g/mol. The lowest BCUT2D eigenvalue weighted by molar-refractivity contribution is -0.0499. The summed E-state index contributed by atoms with van der Waals surface area (Å²) in [4.78, 5) is 12.7. The number of benzene rings is 1. The Bertz CT molecular complexity index is 992. The maximum Gasteiger partial charge on any atom is 0.338 e. The molecular weight excluding hydrogens is 452 g/mol. The summed E-state index contributed by atoms with van der Waals surface area (Å²) < 4.78 is 6.04. The highest BCUT2D eigenvalue weighted by Gasteiger charge is 2.56. The van der Waals surface area contributed by atoms with E-state index in [1.165, 1.54) is 57.8 Å². The van der Waals surface area contributed by atoms with Crippen molar-refractivity contribution in [2.75, 3.05) is 0 Å². The SMILES string of the molecule is CC(C)C(C)CCC(C)C1CCC2=C3CCC4CC(OC(=O)c5ccccc5)CCC4(C)C3CCC21C. The second kappa shape index (κ2) is 10.5. The number of carbonyl (C=O) groups excluding carboxylic acids is 1. The molecule has 3 fully saturated rings. The number of rotatable bonds is 7. The first-order chi connectivity index (χ1) is 17.6. The monoisotopic (exact) mass is 504 g/mol. The molecule has 37 heavy (non-hydrogen) atoms. The first-order valence-electron chi connectivity index (χ1n) is 15.6. The van der Waals surface area contributed by atoms with Crippen molar-refractivity contribution >= 4 is 5.97 Å². The number of carbonyl (C=O) groups is 1. The van der Waals surface area contributed by atoms with E-state index < -0.39 is 0 Å². The maximum atomic E-state index is 12.7. The van der Waals surface area contributed by atoms with Crippen molar-refractivity contribution in [1.29, 1.82) is 0 Å². The molecule has 0 N–H and O–H groups in total. The topological polar surface area (TPSA) is 26.3 Å². The van der Waals surface area contributed by atoms with E-state index in [0.29, 0.717) is 22.3 Å². The number of hydrogen-bond acceptors (Lipinski definition) is 2. The first kappa shape index (κ1) is 27.0.